The lowest BCUT2D eigenvalue weighted by Gasteiger charge is -2.20. The normalized spacial score (nSPS) is 14.2. The Balaban J connectivity index is 1.51. The predicted molar refractivity (Wildman–Crippen MR) is 126 cm³/mol. The molecule has 3 rings (SSSR count). The minimum absolute atomic E-state index is 0.00729. The van der Waals surface area contributed by atoms with E-state index in [4.69, 9.17) is 9.84 Å². The Bertz CT molecular complexity index is 958. The molecule has 0 aromatic heterocycles. The average molecular weight is 453 g/mol. The highest BCUT2D eigenvalue weighted by Gasteiger charge is 2.29. The van der Waals surface area contributed by atoms with Crippen molar-refractivity contribution in [2.45, 2.75) is 45.6 Å². The van der Waals surface area contributed by atoms with Crippen LogP contribution in [-0.4, -0.2) is 42.3 Å². The number of hydrogen-bond donors (Lipinski definition) is 3. The Morgan fingerprint density at radius 2 is 1.55 bits per heavy atom. The van der Waals surface area contributed by atoms with Crippen molar-refractivity contribution in [3.8, 4) is 11.1 Å². The molecule has 3 N–H and O–H groups in total. The van der Waals surface area contributed by atoms with Gasteiger partial charge in [0.1, 0.15) is 12.6 Å². The van der Waals surface area contributed by atoms with Crippen molar-refractivity contribution in [1.29, 1.82) is 0 Å². The van der Waals surface area contributed by atoms with Gasteiger partial charge in [-0.3, -0.25) is 9.59 Å². The van der Waals surface area contributed by atoms with Crippen molar-refractivity contribution >= 4 is 18.0 Å². The van der Waals surface area contributed by atoms with E-state index in [9.17, 15) is 14.4 Å². The summed E-state index contributed by atoms with van der Waals surface area (Å²) in [7, 11) is 0. The zero-order valence-corrected chi connectivity index (χ0v) is 19.3. The minimum atomic E-state index is -0.889. The molecule has 2 aromatic carbocycles. The van der Waals surface area contributed by atoms with Crippen LogP contribution in [0, 0.1) is 11.8 Å². The standard InChI is InChI=1S/C26H32N2O5/c1-16(2)12-18(13-24(29)30)14-27-25(31)17(3)28-26(32)33-15-23-21-10-6-4-8-19(21)20-9-5-7-11-22(20)23/h4-11,16-18,23H,12-15H2,1-3H3,(H,27,31)(H,28,32)(H,29,30)/t17-,18?/m1/s1. The van der Waals surface area contributed by atoms with Gasteiger partial charge in [0.2, 0.25) is 5.91 Å². The van der Waals surface area contributed by atoms with Crippen molar-refractivity contribution in [3.05, 3.63) is 59.7 Å². The number of amides is 2. The molecular weight excluding hydrogens is 420 g/mol. The lowest BCUT2D eigenvalue weighted by Crippen LogP contribution is -2.46. The van der Waals surface area contributed by atoms with E-state index in [0.29, 0.717) is 12.3 Å². The number of ether oxygens (including phenoxy) is 1. The zero-order chi connectivity index (χ0) is 24.0. The van der Waals surface area contributed by atoms with E-state index < -0.39 is 18.1 Å². The van der Waals surface area contributed by atoms with E-state index in [1.165, 1.54) is 0 Å². The molecule has 0 spiro atoms. The van der Waals surface area contributed by atoms with Crippen LogP contribution in [-0.2, 0) is 14.3 Å². The highest BCUT2D eigenvalue weighted by atomic mass is 16.5. The second-order valence-corrected chi connectivity index (χ2v) is 9.03. The van der Waals surface area contributed by atoms with Crippen molar-refractivity contribution in [2.24, 2.45) is 11.8 Å². The van der Waals surface area contributed by atoms with Gasteiger partial charge in [-0.1, -0.05) is 62.4 Å². The molecule has 0 bridgehead atoms. The zero-order valence-electron chi connectivity index (χ0n) is 19.3. The Hall–Kier alpha value is -3.35. The van der Waals surface area contributed by atoms with E-state index in [-0.39, 0.29) is 37.3 Å². The predicted octanol–water partition coefficient (Wildman–Crippen LogP) is 4.17. The molecule has 1 aliphatic rings. The maximum atomic E-state index is 12.4. The summed E-state index contributed by atoms with van der Waals surface area (Å²) in [6.07, 6.45) is 0.0247. The van der Waals surface area contributed by atoms with Crippen LogP contribution in [0.25, 0.3) is 11.1 Å². The first-order chi connectivity index (χ1) is 15.8. The smallest absolute Gasteiger partial charge is 0.407 e. The molecular formula is C26H32N2O5. The third kappa shape index (κ3) is 6.34. The molecule has 2 atom stereocenters. The van der Waals surface area contributed by atoms with E-state index >= 15 is 0 Å². The van der Waals surface area contributed by atoms with Gasteiger partial charge in [-0.2, -0.15) is 0 Å². The number of benzene rings is 2. The maximum Gasteiger partial charge on any atom is 0.407 e. The summed E-state index contributed by atoms with van der Waals surface area (Å²) in [5.74, 6) is -1.15. The van der Waals surface area contributed by atoms with E-state index in [0.717, 1.165) is 22.3 Å². The average Bonchev–Trinajstić information content (AvgIpc) is 3.09. The summed E-state index contributed by atoms with van der Waals surface area (Å²) in [5, 5.41) is 14.4. The Kier molecular flexibility index (Phi) is 8.09. The Morgan fingerprint density at radius 1 is 0.970 bits per heavy atom. The van der Waals surface area contributed by atoms with Gasteiger partial charge >= 0.3 is 12.1 Å². The number of alkyl carbamates (subject to hydrolysis) is 1. The summed E-state index contributed by atoms with van der Waals surface area (Å²) >= 11 is 0. The number of rotatable bonds is 10. The summed E-state index contributed by atoms with van der Waals surface area (Å²) in [6, 6.07) is 15.4. The van der Waals surface area contributed by atoms with Crippen molar-refractivity contribution in [2.75, 3.05) is 13.2 Å². The molecule has 0 aliphatic heterocycles. The fourth-order valence-corrected chi connectivity index (χ4v) is 4.43. The van der Waals surface area contributed by atoms with Gasteiger partial charge in [0, 0.05) is 18.9 Å². The van der Waals surface area contributed by atoms with Gasteiger partial charge in [-0.15, -0.1) is 0 Å². The molecule has 7 heteroatoms. The molecule has 0 saturated heterocycles. The first-order valence-electron chi connectivity index (χ1n) is 11.4. The van der Waals surface area contributed by atoms with Crippen LogP contribution in [0.15, 0.2) is 48.5 Å². The number of carbonyl (C=O) groups excluding carboxylic acids is 2. The van der Waals surface area contributed by atoms with Crippen LogP contribution in [0.4, 0.5) is 4.79 Å². The topological polar surface area (TPSA) is 105 Å². The molecule has 1 unspecified atom stereocenters. The largest absolute Gasteiger partial charge is 0.481 e. The van der Waals surface area contributed by atoms with Crippen molar-refractivity contribution < 1.29 is 24.2 Å². The molecule has 0 radical (unpaired) electrons. The van der Waals surface area contributed by atoms with Crippen LogP contribution in [0.2, 0.25) is 0 Å². The summed E-state index contributed by atoms with van der Waals surface area (Å²) in [4.78, 5) is 35.9. The van der Waals surface area contributed by atoms with Crippen LogP contribution in [0.3, 0.4) is 0 Å². The molecule has 176 valence electrons. The lowest BCUT2D eigenvalue weighted by atomic mass is 9.94. The van der Waals surface area contributed by atoms with E-state index in [2.05, 4.69) is 22.8 Å². The SMILES string of the molecule is CC(C)CC(CNC(=O)[C@@H](C)NC(=O)OCC1c2ccccc2-c2ccccc21)CC(=O)O. The monoisotopic (exact) mass is 452 g/mol. The second-order valence-electron chi connectivity index (χ2n) is 9.03. The number of aliphatic carboxylic acids is 1. The van der Waals surface area contributed by atoms with Crippen molar-refractivity contribution in [1.82, 2.24) is 10.6 Å². The van der Waals surface area contributed by atoms with Crippen LogP contribution in [0.1, 0.15) is 50.7 Å². The fourth-order valence-electron chi connectivity index (χ4n) is 4.43. The van der Waals surface area contributed by atoms with Crippen LogP contribution >= 0.6 is 0 Å². The molecule has 33 heavy (non-hydrogen) atoms. The molecule has 1 aliphatic carbocycles. The Morgan fingerprint density at radius 3 is 2.09 bits per heavy atom. The number of fused-ring (bicyclic) bond motifs is 3. The number of carboxylic acid groups (broad SMARTS) is 1. The maximum absolute atomic E-state index is 12.4. The first kappa shape index (κ1) is 24.3. The van der Waals surface area contributed by atoms with Gasteiger partial charge in [0.25, 0.3) is 0 Å². The van der Waals surface area contributed by atoms with Gasteiger partial charge in [-0.25, -0.2) is 4.79 Å². The van der Waals surface area contributed by atoms with E-state index in [1.807, 2.05) is 50.2 Å². The van der Waals surface area contributed by atoms with Crippen molar-refractivity contribution in [3.63, 3.8) is 0 Å². The minimum Gasteiger partial charge on any atom is -0.481 e. The van der Waals surface area contributed by atoms with Gasteiger partial charge < -0.3 is 20.5 Å². The van der Waals surface area contributed by atoms with Gasteiger partial charge in [0.15, 0.2) is 0 Å². The Labute approximate surface area is 194 Å². The fraction of sp³-hybridized carbons (Fsp3) is 0.423. The van der Waals surface area contributed by atoms with E-state index in [1.54, 1.807) is 6.92 Å². The molecule has 2 amide bonds. The number of hydrogen-bond acceptors (Lipinski definition) is 4. The highest BCUT2D eigenvalue weighted by molar-refractivity contribution is 5.85. The first-order valence-corrected chi connectivity index (χ1v) is 11.4. The van der Waals surface area contributed by atoms with Gasteiger partial charge in [-0.05, 0) is 47.4 Å². The second kappa shape index (κ2) is 11.0. The number of carbonyl (C=O) groups is 3. The number of carboxylic acids is 1. The van der Waals surface area contributed by atoms with Crippen LogP contribution in [0.5, 0.6) is 0 Å². The third-order valence-electron chi connectivity index (χ3n) is 5.90. The summed E-state index contributed by atoms with van der Waals surface area (Å²) < 4.78 is 5.48. The summed E-state index contributed by atoms with van der Waals surface area (Å²) in [6.45, 7) is 6.02. The van der Waals surface area contributed by atoms with Crippen LogP contribution < -0.4 is 10.6 Å². The molecule has 0 fully saturated rings. The molecule has 0 heterocycles. The van der Waals surface area contributed by atoms with Gasteiger partial charge in [0.05, 0.1) is 0 Å². The molecule has 2 aromatic rings. The lowest BCUT2D eigenvalue weighted by molar-refractivity contribution is -0.138. The quantitative estimate of drug-likeness (QED) is 0.502. The molecule has 7 nitrogen and oxygen atoms in total. The third-order valence-corrected chi connectivity index (χ3v) is 5.90. The molecule has 0 saturated carbocycles. The number of nitrogens with one attached hydrogen (secondary N) is 2. The summed E-state index contributed by atoms with van der Waals surface area (Å²) in [5.41, 5.74) is 4.53. The highest BCUT2D eigenvalue weighted by Crippen LogP contribution is 2.44.